The molecule has 0 heterocycles. The lowest BCUT2D eigenvalue weighted by Gasteiger charge is -2.07. The maximum atomic E-state index is 3.81. The molecule has 0 aliphatic heterocycles. The Labute approximate surface area is 71.0 Å². The molecule has 0 rings (SSSR count). The van der Waals surface area contributed by atoms with Crippen molar-refractivity contribution in [1.82, 2.24) is 0 Å². The molecule has 1 unspecified atom stereocenters. The van der Waals surface area contributed by atoms with Crippen LogP contribution in [-0.2, 0) is 0 Å². The lowest BCUT2D eigenvalue weighted by Crippen LogP contribution is -1.92. The third-order valence-corrected chi connectivity index (χ3v) is 2.09. The van der Waals surface area contributed by atoms with Crippen molar-refractivity contribution in [3.05, 3.63) is 25.3 Å². The Kier molecular flexibility index (Phi) is 7.23. The number of allylic oxidation sites excluding steroid dienone is 2. The molecule has 11 heavy (non-hydrogen) atoms. The van der Waals surface area contributed by atoms with E-state index in [0.717, 1.165) is 12.3 Å². The minimum atomic E-state index is 0.736. The number of hydrogen-bond donors (Lipinski definition) is 0. The first kappa shape index (κ1) is 10.5. The summed E-state index contributed by atoms with van der Waals surface area (Å²) >= 11 is 0. The second kappa shape index (κ2) is 7.59. The van der Waals surface area contributed by atoms with Crippen LogP contribution < -0.4 is 0 Å². The summed E-state index contributed by atoms with van der Waals surface area (Å²) in [5.74, 6) is 0.736. The molecule has 0 aromatic heterocycles. The van der Waals surface area contributed by atoms with Gasteiger partial charge in [0, 0.05) is 0 Å². The van der Waals surface area contributed by atoms with E-state index in [1.165, 1.54) is 25.7 Å². The molecule has 0 saturated heterocycles. The molecule has 0 N–H and O–H groups in total. The van der Waals surface area contributed by atoms with E-state index in [4.69, 9.17) is 0 Å². The van der Waals surface area contributed by atoms with Crippen molar-refractivity contribution < 1.29 is 0 Å². The molecule has 0 aliphatic rings. The van der Waals surface area contributed by atoms with Crippen LogP contribution in [0.5, 0.6) is 0 Å². The van der Waals surface area contributed by atoms with Crippen LogP contribution >= 0.6 is 0 Å². The topological polar surface area (TPSA) is 0 Å². The van der Waals surface area contributed by atoms with Crippen molar-refractivity contribution in [3.63, 3.8) is 0 Å². The van der Waals surface area contributed by atoms with Crippen LogP contribution in [0.1, 0.15) is 39.0 Å². The fourth-order valence-corrected chi connectivity index (χ4v) is 1.18. The Balaban J connectivity index is 3.20. The Morgan fingerprint density at radius 3 is 2.45 bits per heavy atom. The Bertz CT molecular complexity index is 103. The van der Waals surface area contributed by atoms with Gasteiger partial charge in [-0.2, -0.15) is 0 Å². The van der Waals surface area contributed by atoms with Gasteiger partial charge in [-0.15, -0.1) is 13.2 Å². The van der Waals surface area contributed by atoms with E-state index in [0.29, 0.717) is 0 Å². The Hall–Kier alpha value is -0.520. The molecule has 0 aromatic rings. The zero-order chi connectivity index (χ0) is 8.53. The van der Waals surface area contributed by atoms with Gasteiger partial charge in [-0.05, 0) is 31.6 Å². The second-order valence-corrected chi connectivity index (χ2v) is 2.98. The SMILES string of the molecule is C=CCCCCC(C=C)CC. The first-order chi connectivity index (χ1) is 5.35. The predicted molar refractivity (Wildman–Crippen MR) is 52.6 cm³/mol. The fourth-order valence-electron chi connectivity index (χ4n) is 1.18. The summed E-state index contributed by atoms with van der Waals surface area (Å²) in [6.45, 7) is 9.73. The molecule has 0 saturated carbocycles. The van der Waals surface area contributed by atoms with Gasteiger partial charge < -0.3 is 0 Å². The minimum absolute atomic E-state index is 0.736. The number of unbranched alkanes of at least 4 members (excludes halogenated alkanes) is 2. The van der Waals surface area contributed by atoms with E-state index in [1.54, 1.807) is 0 Å². The van der Waals surface area contributed by atoms with Gasteiger partial charge in [0.1, 0.15) is 0 Å². The van der Waals surface area contributed by atoms with Crippen LogP contribution in [0.3, 0.4) is 0 Å². The fraction of sp³-hybridized carbons (Fsp3) is 0.636. The van der Waals surface area contributed by atoms with Crippen molar-refractivity contribution in [2.24, 2.45) is 5.92 Å². The highest BCUT2D eigenvalue weighted by Gasteiger charge is 1.98. The summed E-state index contributed by atoms with van der Waals surface area (Å²) < 4.78 is 0. The van der Waals surface area contributed by atoms with Crippen LogP contribution in [0.15, 0.2) is 25.3 Å². The molecule has 0 bridgehead atoms. The maximum Gasteiger partial charge on any atom is -0.0239 e. The summed E-state index contributed by atoms with van der Waals surface area (Å²) in [5, 5.41) is 0. The minimum Gasteiger partial charge on any atom is -0.103 e. The van der Waals surface area contributed by atoms with Crippen LogP contribution in [0.2, 0.25) is 0 Å². The van der Waals surface area contributed by atoms with Gasteiger partial charge in [-0.3, -0.25) is 0 Å². The molecular formula is C11H20. The molecule has 0 aliphatic carbocycles. The van der Waals surface area contributed by atoms with Gasteiger partial charge in [0.25, 0.3) is 0 Å². The molecule has 0 radical (unpaired) electrons. The van der Waals surface area contributed by atoms with Crippen LogP contribution in [0, 0.1) is 5.92 Å². The molecule has 0 heteroatoms. The number of hydrogen-bond acceptors (Lipinski definition) is 0. The van der Waals surface area contributed by atoms with Crippen molar-refractivity contribution in [2.75, 3.05) is 0 Å². The highest BCUT2D eigenvalue weighted by atomic mass is 14.0. The smallest absolute Gasteiger partial charge is 0.0239 e. The maximum absolute atomic E-state index is 3.81. The summed E-state index contributed by atoms with van der Waals surface area (Å²) in [4.78, 5) is 0. The summed E-state index contributed by atoms with van der Waals surface area (Å²) in [6.07, 6.45) is 10.4. The van der Waals surface area contributed by atoms with E-state index in [-0.39, 0.29) is 0 Å². The molecule has 0 fully saturated rings. The van der Waals surface area contributed by atoms with Crippen molar-refractivity contribution in [2.45, 2.75) is 39.0 Å². The average Bonchev–Trinajstić information content (AvgIpc) is 2.05. The monoisotopic (exact) mass is 152 g/mol. The highest BCUT2D eigenvalue weighted by Crippen LogP contribution is 2.13. The molecule has 0 aromatic carbocycles. The summed E-state index contributed by atoms with van der Waals surface area (Å²) in [6, 6.07) is 0. The van der Waals surface area contributed by atoms with Gasteiger partial charge in [0.2, 0.25) is 0 Å². The second-order valence-electron chi connectivity index (χ2n) is 2.98. The van der Waals surface area contributed by atoms with Crippen LogP contribution in [0.4, 0.5) is 0 Å². The first-order valence-corrected chi connectivity index (χ1v) is 4.58. The average molecular weight is 152 g/mol. The quantitative estimate of drug-likeness (QED) is 0.383. The van der Waals surface area contributed by atoms with Crippen LogP contribution in [0.25, 0.3) is 0 Å². The molecule has 0 nitrogen and oxygen atoms in total. The van der Waals surface area contributed by atoms with Gasteiger partial charge >= 0.3 is 0 Å². The Morgan fingerprint density at radius 1 is 1.27 bits per heavy atom. The van der Waals surface area contributed by atoms with E-state index < -0.39 is 0 Å². The normalized spacial score (nSPS) is 12.5. The molecular weight excluding hydrogens is 132 g/mol. The van der Waals surface area contributed by atoms with Crippen molar-refractivity contribution in [3.8, 4) is 0 Å². The van der Waals surface area contributed by atoms with E-state index in [1.807, 2.05) is 6.08 Å². The molecule has 1 atom stereocenters. The van der Waals surface area contributed by atoms with E-state index in [2.05, 4.69) is 26.2 Å². The molecule has 64 valence electrons. The predicted octanol–water partition coefficient (Wildman–Crippen LogP) is 3.95. The standard InChI is InChI=1S/C11H20/c1-4-7-8-9-10-11(5-2)6-3/h4-5,11H,1-2,6-10H2,3H3. The number of rotatable bonds is 7. The zero-order valence-electron chi connectivity index (χ0n) is 7.68. The highest BCUT2D eigenvalue weighted by molar-refractivity contribution is 4.77. The lowest BCUT2D eigenvalue weighted by molar-refractivity contribution is 0.533. The van der Waals surface area contributed by atoms with Gasteiger partial charge in [0.05, 0.1) is 0 Å². The van der Waals surface area contributed by atoms with Gasteiger partial charge in [-0.1, -0.05) is 25.5 Å². The molecule has 0 amide bonds. The largest absolute Gasteiger partial charge is 0.103 e. The van der Waals surface area contributed by atoms with Crippen molar-refractivity contribution >= 4 is 0 Å². The Morgan fingerprint density at radius 2 is 2.00 bits per heavy atom. The van der Waals surface area contributed by atoms with Gasteiger partial charge in [0.15, 0.2) is 0 Å². The lowest BCUT2D eigenvalue weighted by atomic mass is 9.99. The van der Waals surface area contributed by atoms with Gasteiger partial charge in [-0.25, -0.2) is 0 Å². The van der Waals surface area contributed by atoms with E-state index in [9.17, 15) is 0 Å². The van der Waals surface area contributed by atoms with Crippen LogP contribution in [-0.4, -0.2) is 0 Å². The summed E-state index contributed by atoms with van der Waals surface area (Å²) in [7, 11) is 0. The molecule has 0 spiro atoms. The first-order valence-electron chi connectivity index (χ1n) is 4.58. The zero-order valence-corrected chi connectivity index (χ0v) is 7.68. The third-order valence-electron chi connectivity index (χ3n) is 2.09. The van der Waals surface area contributed by atoms with Crippen molar-refractivity contribution in [1.29, 1.82) is 0 Å². The third kappa shape index (κ3) is 5.90. The van der Waals surface area contributed by atoms with E-state index >= 15 is 0 Å². The summed E-state index contributed by atoms with van der Waals surface area (Å²) in [5.41, 5.74) is 0.